The van der Waals surface area contributed by atoms with Gasteiger partial charge in [0.2, 0.25) is 0 Å². The third kappa shape index (κ3) is 2.07. The van der Waals surface area contributed by atoms with Crippen LogP contribution >= 0.6 is 28.3 Å². The highest BCUT2D eigenvalue weighted by Gasteiger charge is 2.22. The average molecular weight is 333 g/mol. The molecule has 5 heteroatoms. The lowest BCUT2D eigenvalue weighted by molar-refractivity contribution is 0.244. The zero-order valence-corrected chi connectivity index (χ0v) is 12.5. The Labute approximate surface area is 120 Å². The number of likely N-dealkylation sites (N-methyl/N-ethyl adjacent to an activating group) is 1. The molecule has 0 saturated carbocycles. The highest BCUT2D eigenvalue weighted by molar-refractivity contribution is 9.10. The molecule has 1 aromatic heterocycles. The number of benzene rings is 1. The van der Waals surface area contributed by atoms with Crippen LogP contribution in [0.2, 0.25) is 0 Å². The van der Waals surface area contributed by atoms with Crippen molar-refractivity contribution in [3.63, 3.8) is 0 Å². The molecule has 1 aliphatic rings. The van der Waals surface area contributed by atoms with Gasteiger partial charge in [0.05, 0.1) is 0 Å². The van der Waals surface area contributed by atoms with E-state index < -0.39 is 0 Å². The third-order valence-corrected chi connectivity index (χ3v) is 4.15. The van der Waals surface area contributed by atoms with Crippen LogP contribution in [0, 0.1) is 0 Å². The normalized spacial score (nSPS) is 15.5. The summed E-state index contributed by atoms with van der Waals surface area (Å²) in [4.78, 5) is 2.26. The molecule has 98 valence electrons. The number of furan rings is 1. The molecule has 0 atom stereocenters. The highest BCUT2D eigenvalue weighted by atomic mass is 79.9. The van der Waals surface area contributed by atoms with Crippen molar-refractivity contribution in [2.45, 2.75) is 19.6 Å². The fourth-order valence-corrected chi connectivity index (χ4v) is 3.07. The van der Waals surface area contributed by atoms with Crippen LogP contribution in [0.1, 0.15) is 16.9 Å². The van der Waals surface area contributed by atoms with Crippen molar-refractivity contribution in [2.24, 2.45) is 0 Å². The number of hydrogen-bond donors (Lipinski definition) is 1. The standard InChI is InChI=1S/C13H14BrNO2.ClH/c1-15-5-4-8-10(14)2-3-11-13(8)9(6-15)12(7-16)17-11;/h2-3,16H,4-7H2,1H3;1H. The molecule has 2 aromatic rings. The van der Waals surface area contributed by atoms with Gasteiger partial charge in [-0.2, -0.15) is 0 Å². The summed E-state index contributed by atoms with van der Waals surface area (Å²) < 4.78 is 6.85. The Morgan fingerprint density at radius 2 is 2.17 bits per heavy atom. The van der Waals surface area contributed by atoms with Crippen LogP contribution in [0.15, 0.2) is 21.0 Å². The van der Waals surface area contributed by atoms with Gasteiger partial charge >= 0.3 is 0 Å². The van der Waals surface area contributed by atoms with Gasteiger partial charge in [0, 0.05) is 28.5 Å². The van der Waals surface area contributed by atoms with Crippen LogP contribution in [-0.4, -0.2) is 23.6 Å². The van der Waals surface area contributed by atoms with Gasteiger partial charge in [-0.3, -0.25) is 0 Å². The van der Waals surface area contributed by atoms with E-state index in [0.29, 0.717) is 5.76 Å². The van der Waals surface area contributed by atoms with Crippen molar-refractivity contribution in [1.82, 2.24) is 4.90 Å². The SMILES string of the molecule is CN1CCc2c(Br)ccc3oc(CO)c(c23)C1.Cl. The summed E-state index contributed by atoms with van der Waals surface area (Å²) in [7, 11) is 2.10. The van der Waals surface area contributed by atoms with E-state index in [-0.39, 0.29) is 19.0 Å². The molecule has 0 amide bonds. The number of rotatable bonds is 1. The Kier molecular flexibility index (Phi) is 4.02. The average Bonchev–Trinajstić information content (AvgIpc) is 2.56. The van der Waals surface area contributed by atoms with Crippen LogP contribution in [0.4, 0.5) is 0 Å². The summed E-state index contributed by atoms with van der Waals surface area (Å²) in [5, 5.41) is 10.6. The summed E-state index contributed by atoms with van der Waals surface area (Å²) in [6, 6.07) is 3.99. The van der Waals surface area contributed by atoms with Crippen LogP contribution in [0.25, 0.3) is 11.0 Å². The largest absolute Gasteiger partial charge is 0.458 e. The molecule has 0 spiro atoms. The summed E-state index contributed by atoms with van der Waals surface area (Å²) in [5.41, 5.74) is 3.32. The second kappa shape index (κ2) is 5.21. The predicted octanol–water partition coefficient (Wildman–Crippen LogP) is 3.10. The van der Waals surface area contributed by atoms with Crippen molar-refractivity contribution >= 4 is 39.3 Å². The number of halogens is 2. The van der Waals surface area contributed by atoms with Gasteiger partial charge in [0.25, 0.3) is 0 Å². The number of nitrogens with zero attached hydrogens (tertiary/aromatic N) is 1. The molecular weight excluding hydrogens is 318 g/mol. The van der Waals surface area contributed by atoms with E-state index in [9.17, 15) is 5.11 Å². The van der Waals surface area contributed by atoms with Gasteiger partial charge in [-0.25, -0.2) is 0 Å². The van der Waals surface area contributed by atoms with E-state index in [1.54, 1.807) is 0 Å². The Hall–Kier alpha value is -0.550. The maximum atomic E-state index is 9.39. The summed E-state index contributed by atoms with van der Waals surface area (Å²) in [6.45, 7) is 1.83. The van der Waals surface area contributed by atoms with Gasteiger partial charge in [-0.1, -0.05) is 15.9 Å². The first-order valence-electron chi connectivity index (χ1n) is 5.71. The Morgan fingerprint density at radius 3 is 2.89 bits per heavy atom. The maximum Gasteiger partial charge on any atom is 0.135 e. The lowest BCUT2D eigenvalue weighted by Gasteiger charge is -2.13. The lowest BCUT2D eigenvalue weighted by Crippen LogP contribution is -2.19. The van der Waals surface area contributed by atoms with Crippen LogP contribution in [-0.2, 0) is 19.6 Å². The van der Waals surface area contributed by atoms with Crippen molar-refractivity contribution in [3.05, 3.63) is 33.5 Å². The summed E-state index contributed by atoms with van der Waals surface area (Å²) >= 11 is 3.61. The highest BCUT2D eigenvalue weighted by Crippen LogP contribution is 2.36. The number of hydrogen-bond acceptors (Lipinski definition) is 3. The molecule has 0 fully saturated rings. The van der Waals surface area contributed by atoms with Crippen LogP contribution < -0.4 is 0 Å². The fraction of sp³-hybridized carbons (Fsp3) is 0.385. The molecule has 0 radical (unpaired) electrons. The second-order valence-electron chi connectivity index (χ2n) is 4.55. The molecule has 18 heavy (non-hydrogen) atoms. The van der Waals surface area contributed by atoms with Crippen molar-refractivity contribution < 1.29 is 9.52 Å². The van der Waals surface area contributed by atoms with Gasteiger partial charge in [-0.05, 0) is 31.2 Å². The van der Waals surface area contributed by atoms with Crippen LogP contribution in [0.5, 0.6) is 0 Å². The Bertz CT molecular complexity index is 582. The molecule has 3 rings (SSSR count). The monoisotopic (exact) mass is 331 g/mol. The lowest BCUT2D eigenvalue weighted by atomic mass is 10.0. The molecule has 3 nitrogen and oxygen atoms in total. The third-order valence-electron chi connectivity index (χ3n) is 3.40. The summed E-state index contributed by atoms with van der Waals surface area (Å²) in [6.07, 6.45) is 1.01. The first-order valence-corrected chi connectivity index (χ1v) is 6.51. The van der Waals surface area contributed by atoms with E-state index in [1.807, 2.05) is 12.1 Å². The first-order chi connectivity index (χ1) is 8.20. The number of aliphatic hydroxyl groups is 1. The van der Waals surface area contributed by atoms with E-state index in [1.165, 1.54) is 10.9 Å². The Balaban J connectivity index is 0.00000120. The topological polar surface area (TPSA) is 36.6 Å². The second-order valence-corrected chi connectivity index (χ2v) is 5.40. The molecule has 0 bridgehead atoms. The Morgan fingerprint density at radius 1 is 1.39 bits per heavy atom. The molecule has 2 heterocycles. The van der Waals surface area contributed by atoms with Gasteiger partial charge in [-0.15, -0.1) is 12.4 Å². The van der Waals surface area contributed by atoms with E-state index in [2.05, 4.69) is 27.9 Å². The van der Waals surface area contributed by atoms with E-state index in [4.69, 9.17) is 4.42 Å². The molecule has 0 aliphatic carbocycles. The van der Waals surface area contributed by atoms with Crippen molar-refractivity contribution in [3.8, 4) is 0 Å². The number of aliphatic hydroxyl groups excluding tert-OH is 1. The van der Waals surface area contributed by atoms with Gasteiger partial charge in [0.15, 0.2) is 0 Å². The van der Waals surface area contributed by atoms with Crippen molar-refractivity contribution in [1.29, 1.82) is 0 Å². The minimum atomic E-state index is -0.0328. The minimum Gasteiger partial charge on any atom is -0.458 e. The first kappa shape index (κ1) is 13.9. The molecule has 1 N–H and O–H groups in total. The fourth-order valence-electron chi connectivity index (χ4n) is 2.54. The maximum absolute atomic E-state index is 9.39. The zero-order valence-electron chi connectivity index (χ0n) is 10.1. The zero-order chi connectivity index (χ0) is 12.0. The molecule has 1 aliphatic heterocycles. The minimum absolute atomic E-state index is 0. The van der Waals surface area contributed by atoms with Crippen LogP contribution in [0.3, 0.4) is 0 Å². The molecule has 0 saturated heterocycles. The molecule has 1 aromatic carbocycles. The van der Waals surface area contributed by atoms with E-state index >= 15 is 0 Å². The molecule has 0 unspecified atom stereocenters. The van der Waals surface area contributed by atoms with E-state index in [0.717, 1.165) is 35.1 Å². The van der Waals surface area contributed by atoms with Gasteiger partial charge in [0.1, 0.15) is 18.0 Å². The smallest absolute Gasteiger partial charge is 0.135 e. The molecular formula is C13H15BrClNO2. The predicted molar refractivity (Wildman–Crippen MR) is 77.1 cm³/mol. The summed E-state index contributed by atoms with van der Waals surface area (Å²) in [5.74, 6) is 0.702. The quantitative estimate of drug-likeness (QED) is 0.872. The van der Waals surface area contributed by atoms with Gasteiger partial charge < -0.3 is 14.4 Å². The van der Waals surface area contributed by atoms with Crippen molar-refractivity contribution in [2.75, 3.05) is 13.6 Å².